The summed E-state index contributed by atoms with van der Waals surface area (Å²) in [6.45, 7) is 1.77. The Balaban J connectivity index is 1.47. The molecule has 3 heterocycles. The molecule has 1 aliphatic heterocycles. The van der Waals surface area contributed by atoms with E-state index in [4.69, 9.17) is 0 Å². The largest absolute Gasteiger partial charge is 0.342 e. The summed E-state index contributed by atoms with van der Waals surface area (Å²) in [4.78, 5) is 28.5. The van der Waals surface area contributed by atoms with Crippen LogP contribution in [0.15, 0.2) is 24.8 Å². The van der Waals surface area contributed by atoms with Gasteiger partial charge in [-0.25, -0.2) is 9.97 Å². The molecule has 2 fully saturated rings. The second-order valence-electron chi connectivity index (χ2n) is 7.69. The molecule has 1 amide bonds. The van der Waals surface area contributed by atoms with Gasteiger partial charge in [-0.15, -0.1) is 0 Å². The smallest absolute Gasteiger partial charge is 0.225 e. The molecule has 1 aliphatic carbocycles. The summed E-state index contributed by atoms with van der Waals surface area (Å²) in [5.74, 6) is 1.96. The van der Waals surface area contributed by atoms with Crippen molar-refractivity contribution >= 4 is 5.91 Å². The van der Waals surface area contributed by atoms with Crippen LogP contribution in [0.3, 0.4) is 0 Å². The normalized spacial score (nSPS) is 21.3. The molecule has 0 bridgehead atoms. The molecule has 6 nitrogen and oxygen atoms in total. The number of imidazole rings is 1. The summed E-state index contributed by atoms with van der Waals surface area (Å²) in [6, 6.07) is 0. The highest BCUT2D eigenvalue weighted by atomic mass is 16.2. The molecule has 1 saturated heterocycles. The van der Waals surface area contributed by atoms with E-state index in [-0.39, 0.29) is 5.92 Å². The van der Waals surface area contributed by atoms with Crippen molar-refractivity contribution in [1.29, 1.82) is 0 Å². The molecule has 1 saturated carbocycles. The van der Waals surface area contributed by atoms with Gasteiger partial charge in [0.1, 0.15) is 5.69 Å². The van der Waals surface area contributed by atoms with Gasteiger partial charge in [0.05, 0.1) is 5.69 Å². The zero-order chi connectivity index (χ0) is 17.9. The monoisotopic (exact) mass is 353 g/mol. The number of hydrogen-bond donors (Lipinski definition) is 0. The van der Waals surface area contributed by atoms with Gasteiger partial charge in [-0.05, 0) is 38.0 Å². The number of carbonyl (C=O) groups is 1. The van der Waals surface area contributed by atoms with Gasteiger partial charge in [-0.2, -0.15) is 0 Å². The van der Waals surface area contributed by atoms with Gasteiger partial charge in [-0.1, -0.05) is 12.8 Å². The molecule has 2 aromatic heterocycles. The van der Waals surface area contributed by atoms with E-state index in [1.54, 1.807) is 18.6 Å². The van der Waals surface area contributed by atoms with E-state index < -0.39 is 0 Å². The van der Waals surface area contributed by atoms with Crippen LogP contribution in [0.25, 0.3) is 11.5 Å². The molecule has 6 heteroatoms. The minimum absolute atomic E-state index is 0.272. The van der Waals surface area contributed by atoms with Crippen molar-refractivity contribution in [3.8, 4) is 11.5 Å². The predicted octanol–water partition coefficient (Wildman–Crippen LogP) is 2.85. The van der Waals surface area contributed by atoms with Crippen molar-refractivity contribution in [2.45, 2.75) is 44.9 Å². The minimum Gasteiger partial charge on any atom is -0.342 e. The molecular weight excluding hydrogens is 326 g/mol. The Hall–Kier alpha value is -2.24. The fourth-order valence-electron chi connectivity index (χ4n) is 4.43. The first-order valence-electron chi connectivity index (χ1n) is 9.78. The fourth-order valence-corrected chi connectivity index (χ4v) is 4.43. The third-order valence-corrected chi connectivity index (χ3v) is 5.82. The van der Waals surface area contributed by atoms with E-state index in [1.807, 2.05) is 17.8 Å². The third-order valence-electron chi connectivity index (χ3n) is 5.82. The highest BCUT2D eigenvalue weighted by Gasteiger charge is 2.31. The number of likely N-dealkylation sites (tertiary alicyclic amines) is 1. The second kappa shape index (κ2) is 7.56. The van der Waals surface area contributed by atoms with Crippen molar-refractivity contribution in [3.05, 3.63) is 30.5 Å². The van der Waals surface area contributed by atoms with Crippen LogP contribution >= 0.6 is 0 Å². The minimum atomic E-state index is 0.272. The van der Waals surface area contributed by atoms with Gasteiger partial charge >= 0.3 is 0 Å². The van der Waals surface area contributed by atoms with Crippen LogP contribution in [0.1, 0.15) is 44.2 Å². The van der Waals surface area contributed by atoms with Crippen molar-refractivity contribution < 1.29 is 4.79 Å². The van der Waals surface area contributed by atoms with Crippen LogP contribution in [0.4, 0.5) is 0 Å². The first-order chi connectivity index (χ1) is 12.7. The van der Waals surface area contributed by atoms with Gasteiger partial charge in [0, 0.05) is 50.8 Å². The maximum Gasteiger partial charge on any atom is 0.225 e. The van der Waals surface area contributed by atoms with Gasteiger partial charge < -0.3 is 9.47 Å². The van der Waals surface area contributed by atoms with E-state index >= 15 is 0 Å². The first kappa shape index (κ1) is 17.2. The molecule has 26 heavy (non-hydrogen) atoms. The van der Waals surface area contributed by atoms with Gasteiger partial charge in [-0.3, -0.25) is 9.78 Å². The second-order valence-corrected chi connectivity index (χ2v) is 7.69. The topological polar surface area (TPSA) is 63.9 Å². The fraction of sp³-hybridized carbons (Fsp3) is 0.600. The molecule has 0 aromatic carbocycles. The predicted molar refractivity (Wildman–Crippen MR) is 99.2 cm³/mol. The lowest BCUT2D eigenvalue weighted by Crippen LogP contribution is -2.43. The van der Waals surface area contributed by atoms with Crippen LogP contribution in [-0.4, -0.2) is 43.4 Å². The Morgan fingerprint density at radius 3 is 2.65 bits per heavy atom. The average molecular weight is 353 g/mol. The third kappa shape index (κ3) is 3.50. The van der Waals surface area contributed by atoms with Crippen LogP contribution in [0, 0.1) is 11.8 Å². The number of carbonyl (C=O) groups excluding carboxylic acids is 1. The molecule has 1 atom stereocenters. The quantitative estimate of drug-likeness (QED) is 0.848. The Morgan fingerprint density at radius 1 is 1.08 bits per heavy atom. The highest BCUT2D eigenvalue weighted by molar-refractivity contribution is 5.79. The number of nitrogens with zero attached hydrogens (tertiary/aromatic N) is 5. The van der Waals surface area contributed by atoms with E-state index in [2.05, 4.69) is 19.9 Å². The lowest BCUT2D eigenvalue weighted by atomic mass is 9.91. The highest BCUT2D eigenvalue weighted by Crippen LogP contribution is 2.30. The number of piperidine rings is 1. The summed E-state index contributed by atoms with van der Waals surface area (Å²) in [7, 11) is 1.98. The zero-order valence-corrected chi connectivity index (χ0v) is 15.5. The number of hydrogen-bond acceptors (Lipinski definition) is 4. The molecule has 2 aromatic rings. The lowest BCUT2D eigenvalue weighted by Gasteiger charge is -2.34. The van der Waals surface area contributed by atoms with Gasteiger partial charge in [0.25, 0.3) is 0 Å². The van der Waals surface area contributed by atoms with E-state index in [0.29, 0.717) is 11.8 Å². The van der Waals surface area contributed by atoms with Crippen LogP contribution in [0.2, 0.25) is 0 Å². The van der Waals surface area contributed by atoms with E-state index in [0.717, 1.165) is 62.4 Å². The number of amides is 1. The number of aryl methyl sites for hydroxylation is 1. The molecule has 0 radical (unpaired) electrons. The summed E-state index contributed by atoms with van der Waals surface area (Å²) in [5.41, 5.74) is 1.85. The van der Waals surface area contributed by atoms with Crippen LogP contribution in [-0.2, 0) is 18.3 Å². The zero-order valence-electron chi connectivity index (χ0n) is 15.5. The molecular formula is C20H27N5O. The summed E-state index contributed by atoms with van der Waals surface area (Å²) in [5, 5.41) is 0. The van der Waals surface area contributed by atoms with Gasteiger partial charge in [0.2, 0.25) is 5.91 Å². The van der Waals surface area contributed by atoms with Crippen molar-refractivity contribution in [2.24, 2.45) is 18.9 Å². The van der Waals surface area contributed by atoms with Gasteiger partial charge in [0.15, 0.2) is 5.82 Å². The Bertz CT molecular complexity index is 765. The standard InChI is InChI=1S/C20H27N5O/c1-24-12-10-23-19(24)18-17(21-8-9-22-18)13-15-5-4-11-25(14-15)20(26)16-6-2-3-7-16/h8-10,12,15-16H,2-7,11,13-14H2,1H3/t15-/m1/s1. The molecule has 138 valence electrons. The van der Waals surface area contributed by atoms with E-state index in [9.17, 15) is 4.79 Å². The summed E-state index contributed by atoms with van der Waals surface area (Å²) >= 11 is 0. The maximum absolute atomic E-state index is 12.8. The van der Waals surface area contributed by atoms with E-state index in [1.165, 1.54) is 12.8 Å². The molecule has 2 aliphatic rings. The number of rotatable bonds is 4. The Labute approximate surface area is 154 Å². The SMILES string of the molecule is Cn1ccnc1-c1nccnc1C[C@H]1CCCN(C(=O)C2CCCC2)C1. The molecule has 0 N–H and O–H groups in total. The molecule has 4 rings (SSSR count). The van der Waals surface area contributed by atoms with Crippen LogP contribution in [0.5, 0.6) is 0 Å². The molecule has 0 spiro atoms. The van der Waals surface area contributed by atoms with Crippen LogP contribution < -0.4 is 0 Å². The first-order valence-corrected chi connectivity index (χ1v) is 9.78. The Morgan fingerprint density at radius 2 is 1.88 bits per heavy atom. The number of aromatic nitrogens is 4. The summed E-state index contributed by atoms with van der Waals surface area (Å²) in [6.07, 6.45) is 14.8. The van der Waals surface area contributed by atoms with Crippen molar-refractivity contribution in [1.82, 2.24) is 24.4 Å². The van der Waals surface area contributed by atoms with Crippen molar-refractivity contribution in [2.75, 3.05) is 13.1 Å². The Kier molecular flexibility index (Phi) is 5.00. The maximum atomic E-state index is 12.8. The van der Waals surface area contributed by atoms with Crippen molar-refractivity contribution in [3.63, 3.8) is 0 Å². The lowest BCUT2D eigenvalue weighted by molar-refractivity contribution is -0.137. The average Bonchev–Trinajstić information content (AvgIpc) is 3.34. The summed E-state index contributed by atoms with van der Waals surface area (Å²) < 4.78 is 1.98. The molecule has 0 unspecified atom stereocenters.